The Morgan fingerprint density at radius 2 is 2.09 bits per heavy atom. The van der Waals surface area contributed by atoms with Gasteiger partial charge in [0.1, 0.15) is 5.75 Å². The molecule has 3 rings (SSSR count). The number of nitrogens with one attached hydrogen (secondary N) is 1. The van der Waals surface area contributed by atoms with Crippen molar-refractivity contribution >= 4 is 30.1 Å². The van der Waals surface area contributed by atoms with Crippen molar-refractivity contribution in [3.63, 3.8) is 0 Å². The normalized spacial score (nSPS) is 20.5. The van der Waals surface area contributed by atoms with Crippen molar-refractivity contribution in [3.05, 3.63) is 29.8 Å². The van der Waals surface area contributed by atoms with Crippen LogP contribution in [0.3, 0.4) is 0 Å². The van der Waals surface area contributed by atoms with Crippen molar-refractivity contribution in [2.24, 2.45) is 0 Å². The Balaban J connectivity index is 0.00000192. The van der Waals surface area contributed by atoms with E-state index in [-0.39, 0.29) is 12.4 Å². The molecule has 1 saturated carbocycles. The van der Waals surface area contributed by atoms with Crippen LogP contribution in [-0.4, -0.2) is 48.1 Å². The SMILES string of the molecule is COc1ccc(CN(C(=O)CC2CSCCN2)C2CC2)cc1.Cl. The topological polar surface area (TPSA) is 41.6 Å². The number of rotatable bonds is 6. The highest BCUT2D eigenvalue weighted by Crippen LogP contribution is 2.29. The number of amides is 1. The van der Waals surface area contributed by atoms with Gasteiger partial charge in [0.2, 0.25) is 5.91 Å². The first-order chi connectivity index (χ1) is 10.8. The fourth-order valence-corrected chi connectivity index (χ4v) is 3.76. The zero-order valence-electron chi connectivity index (χ0n) is 13.5. The lowest BCUT2D eigenvalue weighted by Gasteiger charge is -2.27. The molecule has 0 aromatic heterocycles. The van der Waals surface area contributed by atoms with E-state index >= 15 is 0 Å². The van der Waals surface area contributed by atoms with Gasteiger partial charge >= 0.3 is 0 Å². The van der Waals surface area contributed by atoms with Crippen LogP contribution < -0.4 is 10.1 Å². The zero-order chi connectivity index (χ0) is 15.4. The first-order valence-electron chi connectivity index (χ1n) is 8.00. The summed E-state index contributed by atoms with van der Waals surface area (Å²) in [6.45, 7) is 1.73. The molecule has 0 spiro atoms. The first-order valence-corrected chi connectivity index (χ1v) is 9.15. The van der Waals surface area contributed by atoms with Crippen LogP contribution in [0, 0.1) is 0 Å². The van der Waals surface area contributed by atoms with E-state index in [2.05, 4.69) is 22.3 Å². The maximum absolute atomic E-state index is 12.7. The highest BCUT2D eigenvalue weighted by Gasteiger charge is 2.33. The summed E-state index contributed by atoms with van der Waals surface area (Å²) < 4.78 is 5.19. The van der Waals surface area contributed by atoms with E-state index in [4.69, 9.17) is 4.74 Å². The van der Waals surface area contributed by atoms with Crippen LogP contribution in [0.2, 0.25) is 0 Å². The van der Waals surface area contributed by atoms with Crippen LogP contribution in [0.5, 0.6) is 5.75 Å². The number of carbonyl (C=O) groups is 1. The molecule has 23 heavy (non-hydrogen) atoms. The average molecular weight is 357 g/mol. The third kappa shape index (κ3) is 5.30. The fraction of sp³-hybridized carbons (Fsp3) is 0.588. The Labute approximate surface area is 148 Å². The maximum Gasteiger partial charge on any atom is 0.224 e. The summed E-state index contributed by atoms with van der Waals surface area (Å²) in [7, 11) is 1.67. The molecule has 1 heterocycles. The van der Waals surface area contributed by atoms with Gasteiger partial charge in [0.05, 0.1) is 7.11 Å². The van der Waals surface area contributed by atoms with Gasteiger partial charge in [0.25, 0.3) is 0 Å². The predicted octanol–water partition coefficient (Wildman–Crippen LogP) is 2.70. The van der Waals surface area contributed by atoms with E-state index in [0.29, 0.717) is 31.0 Å². The molecule has 0 radical (unpaired) electrons. The Kier molecular flexibility index (Phi) is 7.06. The lowest BCUT2D eigenvalue weighted by Crippen LogP contribution is -2.43. The quantitative estimate of drug-likeness (QED) is 0.851. The molecular weight excluding hydrogens is 332 g/mol. The van der Waals surface area contributed by atoms with Gasteiger partial charge in [-0.05, 0) is 30.5 Å². The second-order valence-electron chi connectivity index (χ2n) is 6.03. The number of hydrogen-bond donors (Lipinski definition) is 1. The van der Waals surface area contributed by atoms with E-state index in [1.54, 1.807) is 7.11 Å². The summed E-state index contributed by atoms with van der Waals surface area (Å²) in [4.78, 5) is 14.7. The molecule has 1 aromatic carbocycles. The molecule has 1 aromatic rings. The minimum absolute atomic E-state index is 0. The second-order valence-corrected chi connectivity index (χ2v) is 7.18. The number of nitrogens with zero attached hydrogens (tertiary/aromatic N) is 1. The fourth-order valence-electron chi connectivity index (χ4n) is 2.81. The van der Waals surface area contributed by atoms with Crippen LogP contribution >= 0.6 is 24.2 Å². The molecule has 128 valence electrons. The number of methoxy groups -OCH3 is 1. The standard InChI is InChI=1S/C17H24N2O2S.ClH/c1-21-16-6-2-13(3-7-16)11-19(15-4-5-15)17(20)10-14-12-22-9-8-18-14;/h2-3,6-7,14-15,18H,4-5,8-12H2,1H3;1H. The second kappa shape index (κ2) is 8.81. The molecule has 1 amide bonds. The van der Waals surface area contributed by atoms with Crippen molar-refractivity contribution in [1.82, 2.24) is 10.2 Å². The van der Waals surface area contributed by atoms with E-state index in [1.807, 2.05) is 23.9 Å². The van der Waals surface area contributed by atoms with E-state index < -0.39 is 0 Å². The van der Waals surface area contributed by atoms with Crippen LogP contribution in [0.25, 0.3) is 0 Å². The lowest BCUT2D eigenvalue weighted by molar-refractivity contribution is -0.132. The van der Waals surface area contributed by atoms with Gasteiger partial charge in [-0.1, -0.05) is 12.1 Å². The lowest BCUT2D eigenvalue weighted by atomic mass is 10.1. The Morgan fingerprint density at radius 1 is 1.35 bits per heavy atom. The molecule has 1 saturated heterocycles. The third-order valence-corrected chi connectivity index (χ3v) is 5.37. The monoisotopic (exact) mass is 356 g/mol. The Morgan fingerprint density at radius 3 is 2.65 bits per heavy atom. The summed E-state index contributed by atoms with van der Waals surface area (Å²) in [5.41, 5.74) is 1.17. The van der Waals surface area contributed by atoms with Gasteiger partial charge in [-0.3, -0.25) is 4.79 Å². The summed E-state index contributed by atoms with van der Waals surface area (Å²) in [5, 5.41) is 3.46. The number of benzene rings is 1. The largest absolute Gasteiger partial charge is 0.497 e. The molecular formula is C17H25ClN2O2S. The summed E-state index contributed by atoms with van der Waals surface area (Å²) >= 11 is 1.94. The summed E-state index contributed by atoms with van der Waals surface area (Å²) in [5.74, 6) is 3.35. The van der Waals surface area contributed by atoms with Crippen LogP contribution in [0.1, 0.15) is 24.8 Å². The maximum atomic E-state index is 12.7. The van der Waals surface area contributed by atoms with Crippen molar-refractivity contribution in [2.45, 2.75) is 37.9 Å². The number of carbonyl (C=O) groups excluding carboxylic acids is 1. The summed E-state index contributed by atoms with van der Waals surface area (Å²) in [6.07, 6.45) is 2.92. The molecule has 1 aliphatic heterocycles. The minimum Gasteiger partial charge on any atom is -0.497 e. The smallest absolute Gasteiger partial charge is 0.224 e. The number of thioether (sulfide) groups is 1. The first kappa shape index (κ1) is 18.4. The number of hydrogen-bond acceptors (Lipinski definition) is 4. The molecule has 1 aliphatic carbocycles. The third-order valence-electron chi connectivity index (χ3n) is 4.24. The van der Waals surface area contributed by atoms with E-state index in [1.165, 1.54) is 5.56 Å². The van der Waals surface area contributed by atoms with Gasteiger partial charge in [-0.25, -0.2) is 0 Å². The Hall–Kier alpha value is -0.910. The number of ether oxygens (including phenoxy) is 1. The van der Waals surface area contributed by atoms with E-state index in [0.717, 1.165) is 36.6 Å². The van der Waals surface area contributed by atoms with Crippen LogP contribution in [-0.2, 0) is 11.3 Å². The molecule has 1 unspecified atom stereocenters. The van der Waals surface area contributed by atoms with Gasteiger partial charge < -0.3 is 15.0 Å². The minimum atomic E-state index is 0. The molecule has 4 nitrogen and oxygen atoms in total. The Bertz CT molecular complexity index is 502. The molecule has 0 bridgehead atoms. The van der Waals surface area contributed by atoms with Crippen molar-refractivity contribution in [2.75, 3.05) is 25.2 Å². The van der Waals surface area contributed by atoms with Crippen molar-refractivity contribution < 1.29 is 9.53 Å². The van der Waals surface area contributed by atoms with Crippen LogP contribution in [0.15, 0.2) is 24.3 Å². The van der Waals surface area contributed by atoms with Crippen molar-refractivity contribution in [1.29, 1.82) is 0 Å². The molecule has 2 aliphatic rings. The molecule has 1 N–H and O–H groups in total. The van der Waals surface area contributed by atoms with Crippen LogP contribution in [0.4, 0.5) is 0 Å². The van der Waals surface area contributed by atoms with Gasteiger partial charge in [0, 0.05) is 43.1 Å². The van der Waals surface area contributed by atoms with Gasteiger partial charge in [-0.15, -0.1) is 12.4 Å². The predicted molar refractivity (Wildman–Crippen MR) is 97.5 cm³/mol. The molecule has 1 atom stereocenters. The molecule has 6 heteroatoms. The average Bonchev–Trinajstić information content (AvgIpc) is 3.39. The highest BCUT2D eigenvalue weighted by molar-refractivity contribution is 7.99. The van der Waals surface area contributed by atoms with Gasteiger partial charge in [0.15, 0.2) is 0 Å². The van der Waals surface area contributed by atoms with Crippen molar-refractivity contribution in [3.8, 4) is 5.75 Å². The highest BCUT2D eigenvalue weighted by atomic mass is 35.5. The van der Waals surface area contributed by atoms with Gasteiger partial charge in [-0.2, -0.15) is 11.8 Å². The number of halogens is 1. The zero-order valence-corrected chi connectivity index (χ0v) is 15.1. The van der Waals surface area contributed by atoms with E-state index in [9.17, 15) is 4.79 Å². The summed E-state index contributed by atoms with van der Waals surface area (Å²) in [6, 6.07) is 8.81. The molecule has 2 fully saturated rings.